The predicted octanol–water partition coefficient (Wildman–Crippen LogP) is 2.63. The zero-order chi connectivity index (χ0) is 18.1. The van der Waals surface area contributed by atoms with E-state index < -0.39 is 5.41 Å². The third-order valence-corrected chi connectivity index (χ3v) is 5.82. The Balaban J connectivity index is 1.60. The van der Waals surface area contributed by atoms with Gasteiger partial charge < -0.3 is 10.2 Å². The molecule has 2 N–H and O–H groups in total. The number of hydrogen-bond donors (Lipinski definition) is 2. The fourth-order valence-electron chi connectivity index (χ4n) is 4.59. The number of carbonyl (C=O) groups is 2. The van der Waals surface area contributed by atoms with Gasteiger partial charge in [-0.25, -0.2) is 0 Å². The molecule has 1 aromatic carbocycles. The number of benzene rings is 1. The molecule has 0 unspecified atom stereocenters. The molecule has 2 aliphatic rings. The van der Waals surface area contributed by atoms with Crippen LogP contribution in [0.4, 0.5) is 5.69 Å². The Hall–Kier alpha value is -2.63. The molecule has 6 heteroatoms. The van der Waals surface area contributed by atoms with Gasteiger partial charge in [0.1, 0.15) is 0 Å². The summed E-state index contributed by atoms with van der Waals surface area (Å²) in [6.45, 7) is 2.75. The van der Waals surface area contributed by atoms with Gasteiger partial charge in [-0.3, -0.25) is 14.7 Å². The molecule has 1 fully saturated rings. The number of rotatable bonds is 5. The molecule has 0 aliphatic carbocycles. The van der Waals surface area contributed by atoms with Crippen LogP contribution < -0.4 is 5.32 Å². The van der Waals surface area contributed by atoms with Crippen LogP contribution in [0, 0.1) is 0 Å². The summed E-state index contributed by atoms with van der Waals surface area (Å²) in [5.74, 6) is 0.168. The zero-order valence-corrected chi connectivity index (χ0v) is 15.0. The van der Waals surface area contributed by atoms with E-state index in [0.29, 0.717) is 25.8 Å². The highest BCUT2D eigenvalue weighted by molar-refractivity contribution is 6.07. The molecule has 4 rings (SSSR count). The van der Waals surface area contributed by atoms with Crippen LogP contribution in [-0.2, 0) is 21.4 Å². The predicted molar refractivity (Wildman–Crippen MR) is 98.7 cm³/mol. The quantitative estimate of drug-likeness (QED) is 0.868. The molecule has 3 heterocycles. The van der Waals surface area contributed by atoms with Gasteiger partial charge in [0.25, 0.3) is 0 Å². The van der Waals surface area contributed by atoms with Crippen molar-refractivity contribution in [3.63, 3.8) is 0 Å². The number of para-hydroxylation sites is 1. The second-order valence-corrected chi connectivity index (χ2v) is 7.22. The van der Waals surface area contributed by atoms with E-state index in [9.17, 15) is 9.59 Å². The first-order valence-corrected chi connectivity index (χ1v) is 9.35. The molecule has 0 bridgehead atoms. The molecule has 2 amide bonds. The first-order valence-electron chi connectivity index (χ1n) is 9.35. The fraction of sp³-hybridized carbons (Fsp3) is 0.450. The molecule has 2 aromatic rings. The molecule has 6 nitrogen and oxygen atoms in total. The minimum atomic E-state index is -0.599. The monoisotopic (exact) mass is 352 g/mol. The van der Waals surface area contributed by atoms with Gasteiger partial charge in [-0.2, -0.15) is 5.10 Å². The van der Waals surface area contributed by atoms with Crippen LogP contribution in [0.2, 0.25) is 0 Å². The highest BCUT2D eigenvalue weighted by Crippen LogP contribution is 2.49. The molecule has 2 atom stereocenters. The number of nitrogens with zero attached hydrogens (tertiary/aromatic N) is 2. The van der Waals surface area contributed by atoms with Crippen molar-refractivity contribution in [3.8, 4) is 0 Å². The van der Waals surface area contributed by atoms with Crippen LogP contribution in [0.3, 0.4) is 0 Å². The third kappa shape index (κ3) is 2.52. The van der Waals surface area contributed by atoms with Crippen molar-refractivity contribution in [2.45, 2.75) is 50.5 Å². The second kappa shape index (κ2) is 6.59. The number of nitrogens with one attached hydrogen (secondary N) is 2. The van der Waals surface area contributed by atoms with Crippen LogP contribution in [-0.4, -0.2) is 39.5 Å². The SMILES string of the molecule is CCC[C@@H]1N(C(=O)CCc2cn[nH]c2)CC[C@]12C(=O)Nc1ccccc12. The van der Waals surface area contributed by atoms with E-state index in [1.54, 1.807) is 6.20 Å². The van der Waals surface area contributed by atoms with Gasteiger partial charge in [0, 0.05) is 24.8 Å². The molecule has 26 heavy (non-hydrogen) atoms. The van der Waals surface area contributed by atoms with Crippen molar-refractivity contribution in [2.24, 2.45) is 0 Å². The van der Waals surface area contributed by atoms with E-state index in [4.69, 9.17) is 0 Å². The average molecular weight is 352 g/mol. The summed E-state index contributed by atoms with van der Waals surface area (Å²) in [5.41, 5.74) is 2.38. The van der Waals surface area contributed by atoms with Crippen LogP contribution in [0.15, 0.2) is 36.7 Å². The number of aromatic amines is 1. The first kappa shape index (κ1) is 16.8. The number of H-pyrrole nitrogens is 1. The fourth-order valence-corrected chi connectivity index (χ4v) is 4.59. The van der Waals surface area contributed by atoms with E-state index >= 15 is 0 Å². The zero-order valence-electron chi connectivity index (χ0n) is 15.0. The Bertz CT molecular complexity index is 817. The summed E-state index contributed by atoms with van der Waals surface area (Å²) in [6.07, 6.45) is 7.15. The van der Waals surface area contributed by atoms with E-state index in [1.165, 1.54) is 0 Å². The summed E-state index contributed by atoms with van der Waals surface area (Å²) in [7, 11) is 0. The molecule has 1 saturated heterocycles. The molecule has 0 saturated carbocycles. The van der Waals surface area contributed by atoms with Gasteiger partial charge in [-0.15, -0.1) is 0 Å². The lowest BCUT2D eigenvalue weighted by atomic mass is 9.73. The molecular formula is C20H24N4O2. The number of aromatic nitrogens is 2. The van der Waals surface area contributed by atoms with Gasteiger partial charge in [0.05, 0.1) is 17.7 Å². The minimum Gasteiger partial charge on any atom is -0.338 e. The number of hydrogen-bond acceptors (Lipinski definition) is 3. The lowest BCUT2D eigenvalue weighted by Crippen LogP contribution is -2.48. The van der Waals surface area contributed by atoms with Crippen molar-refractivity contribution >= 4 is 17.5 Å². The van der Waals surface area contributed by atoms with Gasteiger partial charge in [-0.1, -0.05) is 31.5 Å². The Morgan fingerprint density at radius 3 is 3.00 bits per heavy atom. The summed E-state index contributed by atoms with van der Waals surface area (Å²) in [6, 6.07) is 7.83. The lowest BCUT2D eigenvalue weighted by Gasteiger charge is -2.34. The Morgan fingerprint density at radius 2 is 2.23 bits per heavy atom. The van der Waals surface area contributed by atoms with E-state index in [2.05, 4.69) is 22.4 Å². The second-order valence-electron chi connectivity index (χ2n) is 7.22. The summed E-state index contributed by atoms with van der Waals surface area (Å²) >= 11 is 0. The van der Waals surface area contributed by atoms with Crippen molar-refractivity contribution in [1.29, 1.82) is 0 Å². The van der Waals surface area contributed by atoms with E-state index in [-0.39, 0.29) is 17.9 Å². The molecular weight excluding hydrogens is 328 g/mol. The van der Waals surface area contributed by atoms with Gasteiger partial charge >= 0.3 is 0 Å². The molecule has 1 spiro atoms. The number of likely N-dealkylation sites (tertiary alicyclic amines) is 1. The lowest BCUT2D eigenvalue weighted by molar-refractivity contribution is -0.133. The van der Waals surface area contributed by atoms with Crippen molar-refractivity contribution < 1.29 is 9.59 Å². The first-order chi connectivity index (χ1) is 12.7. The summed E-state index contributed by atoms with van der Waals surface area (Å²) < 4.78 is 0. The largest absolute Gasteiger partial charge is 0.338 e. The smallest absolute Gasteiger partial charge is 0.237 e. The standard InChI is InChI=1S/C20H24N4O2/c1-2-5-17-20(15-6-3-4-7-16(15)23-19(20)26)10-11-24(17)18(25)9-8-14-12-21-22-13-14/h3-4,6-7,12-13,17H,2,5,8-11H2,1H3,(H,21,22)(H,23,26)/t17-,20+/m0/s1. The maximum absolute atomic E-state index is 13.0. The highest BCUT2D eigenvalue weighted by Gasteiger charge is 2.58. The number of carbonyl (C=O) groups excluding carboxylic acids is 2. The maximum atomic E-state index is 13.0. The topological polar surface area (TPSA) is 78.1 Å². The van der Waals surface area contributed by atoms with Gasteiger partial charge in [0.15, 0.2) is 0 Å². The van der Waals surface area contributed by atoms with Crippen LogP contribution in [0.25, 0.3) is 0 Å². The Morgan fingerprint density at radius 1 is 1.38 bits per heavy atom. The van der Waals surface area contributed by atoms with Crippen LogP contribution in [0.5, 0.6) is 0 Å². The normalized spacial score (nSPS) is 24.1. The maximum Gasteiger partial charge on any atom is 0.237 e. The molecule has 0 radical (unpaired) electrons. The number of amides is 2. The molecule has 1 aromatic heterocycles. The van der Waals surface area contributed by atoms with Gasteiger partial charge in [-0.05, 0) is 36.5 Å². The Kier molecular flexibility index (Phi) is 4.26. The van der Waals surface area contributed by atoms with Crippen molar-refractivity contribution in [1.82, 2.24) is 15.1 Å². The number of anilines is 1. The van der Waals surface area contributed by atoms with E-state index in [1.807, 2.05) is 35.4 Å². The number of fused-ring (bicyclic) bond motifs is 2. The summed E-state index contributed by atoms with van der Waals surface area (Å²) in [4.78, 5) is 27.9. The van der Waals surface area contributed by atoms with Crippen molar-refractivity contribution in [3.05, 3.63) is 47.8 Å². The minimum absolute atomic E-state index is 0.0438. The molecule has 2 aliphatic heterocycles. The molecule has 136 valence electrons. The van der Waals surface area contributed by atoms with Crippen LogP contribution >= 0.6 is 0 Å². The third-order valence-electron chi connectivity index (χ3n) is 5.82. The highest BCUT2D eigenvalue weighted by atomic mass is 16.2. The average Bonchev–Trinajstić information content (AvgIpc) is 3.35. The number of aryl methyl sites for hydroxylation is 1. The van der Waals surface area contributed by atoms with Gasteiger partial charge in [0.2, 0.25) is 11.8 Å². The Labute approximate surface area is 153 Å². The van der Waals surface area contributed by atoms with Crippen molar-refractivity contribution in [2.75, 3.05) is 11.9 Å². The van der Waals surface area contributed by atoms with Crippen LogP contribution in [0.1, 0.15) is 43.7 Å². The summed E-state index contributed by atoms with van der Waals surface area (Å²) in [5, 5.41) is 9.76. The van der Waals surface area contributed by atoms with E-state index in [0.717, 1.165) is 29.7 Å².